The standard InChI is InChI=1S/C11H20N2/c12-11-7-4-8-13(11)9-10-5-2-1-3-6-10/h10,12H,1-9H2. The van der Waals surface area contributed by atoms with Crippen molar-refractivity contribution in [3.8, 4) is 0 Å². The molecular weight excluding hydrogens is 160 g/mol. The third-order valence-corrected chi connectivity index (χ3v) is 3.43. The highest BCUT2D eigenvalue weighted by atomic mass is 15.2. The van der Waals surface area contributed by atoms with Crippen molar-refractivity contribution >= 4 is 5.84 Å². The van der Waals surface area contributed by atoms with Crippen LogP contribution in [-0.4, -0.2) is 23.8 Å². The highest BCUT2D eigenvalue weighted by Gasteiger charge is 2.21. The van der Waals surface area contributed by atoms with Crippen LogP contribution in [0.15, 0.2) is 0 Å². The summed E-state index contributed by atoms with van der Waals surface area (Å²) in [6.45, 7) is 2.33. The summed E-state index contributed by atoms with van der Waals surface area (Å²) in [4.78, 5) is 2.30. The Kier molecular flexibility index (Phi) is 2.87. The van der Waals surface area contributed by atoms with E-state index in [1.54, 1.807) is 0 Å². The molecule has 1 aliphatic heterocycles. The molecule has 0 unspecified atom stereocenters. The van der Waals surface area contributed by atoms with Crippen molar-refractivity contribution in [3.05, 3.63) is 0 Å². The molecule has 2 rings (SSSR count). The largest absolute Gasteiger partial charge is 0.360 e. The van der Waals surface area contributed by atoms with Crippen LogP contribution in [0.25, 0.3) is 0 Å². The van der Waals surface area contributed by atoms with E-state index < -0.39 is 0 Å². The Bertz CT molecular complexity index is 183. The number of nitrogens with zero attached hydrogens (tertiary/aromatic N) is 1. The number of nitrogens with one attached hydrogen (secondary N) is 1. The molecule has 0 amide bonds. The minimum absolute atomic E-state index is 0.894. The molecule has 13 heavy (non-hydrogen) atoms. The quantitative estimate of drug-likeness (QED) is 0.695. The van der Waals surface area contributed by atoms with Crippen LogP contribution in [0.4, 0.5) is 0 Å². The fourth-order valence-electron chi connectivity index (χ4n) is 2.61. The average molecular weight is 180 g/mol. The van der Waals surface area contributed by atoms with Gasteiger partial charge in [0.2, 0.25) is 0 Å². The Morgan fingerprint density at radius 2 is 1.92 bits per heavy atom. The zero-order valence-corrected chi connectivity index (χ0v) is 8.39. The molecule has 2 heteroatoms. The third-order valence-electron chi connectivity index (χ3n) is 3.43. The van der Waals surface area contributed by atoms with Crippen molar-refractivity contribution in [2.75, 3.05) is 13.1 Å². The number of amidine groups is 1. The zero-order chi connectivity index (χ0) is 9.10. The topological polar surface area (TPSA) is 27.1 Å². The molecule has 1 aliphatic carbocycles. The summed E-state index contributed by atoms with van der Waals surface area (Å²) >= 11 is 0. The Labute approximate surface area is 80.8 Å². The fraction of sp³-hybridized carbons (Fsp3) is 0.909. The van der Waals surface area contributed by atoms with E-state index in [1.807, 2.05) is 0 Å². The second-order valence-corrected chi connectivity index (χ2v) is 4.50. The van der Waals surface area contributed by atoms with Gasteiger partial charge in [-0.15, -0.1) is 0 Å². The lowest BCUT2D eigenvalue weighted by Gasteiger charge is -2.27. The molecule has 1 N–H and O–H groups in total. The summed E-state index contributed by atoms with van der Waals surface area (Å²) in [5, 5.41) is 7.75. The van der Waals surface area contributed by atoms with E-state index in [4.69, 9.17) is 5.41 Å². The molecule has 0 radical (unpaired) electrons. The van der Waals surface area contributed by atoms with E-state index in [0.717, 1.165) is 24.7 Å². The van der Waals surface area contributed by atoms with E-state index in [-0.39, 0.29) is 0 Å². The zero-order valence-electron chi connectivity index (χ0n) is 8.39. The van der Waals surface area contributed by atoms with Crippen LogP contribution in [-0.2, 0) is 0 Å². The minimum Gasteiger partial charge on any atom is -0.360 e. The van der Waals surface area contributed by atoms with Gasteiger partial charge < -0.3 is 4.90 Å². The SMILES string of the molecule is N=C1CCCN1CC1CCCCC1. The first-order chi connectivity index (χ1) is 6.36. The fourth-order valence-corrected chi connectivity index (χ4v) is 2.61. The lowest BCUT2D eigenvalue weighted by molar-refractivity contribution is 0.283. The van der Waals surface area contributed by atoms with Gasteiger partial charge >= 0.3 is 0 Å². The minimum atomic E-state index is 0.894. The summed E-state index contributed by atoms with van der Waals surface area (Å²) in [5.74, 6) is 1.79. The van der Waals surface area contributed by atoms with E-state index in [0.29, 0.717) is 0 Å². The molecule has 2 aliphatic rings. The number of hydrogen-bond donors (Lipinski definition) is 1. The molecule has 0 aromatic carbocycles. The summed E-state index contributed by atoms with van der Waals surface area (Å²) in [5.41, 5.74) is 0. The highest BCUT2D eigenvalue weighted by Crippen LogP contribution is 2.25. The van der Waals surface area contributed by atoms with E-state index in [9.17, 15) is 0 Å². The molecule has 0 aromatic heterocycles. The normalized spacial score (nSPS) is 25.5. The molecule has 0 aromatic rings. The van der Waals surface area contributed by atoms with E-state index >= 15 is 0 Å². The van der Waals surface area contributed by atoms with Crippen molar-refractivity contribution in [2.24, 2.45) is 5.92 Å². The van der Waals surface area contributed by atoms with Gasteiger partial charge in [-0.25, -0.2) is 0 Å². The van der Waals surface area contributed by atoms with Gasteiger partial charge in [-0.2, -0.15) is 0 Å². The Morgan fingerprint density at radius 1 is 1.15 bits per heavy atom. The molecule has 1 saturated heterocycles. The van der Waals surface area contributed by atoms with Gasteiger partial charge in [0.1, 0.15) is 0 Å². The summed E-state index contributed by atoms with van der Waals surface area (Å²) in [7, 11) is 0. The van der Waals surface area contributed by atoms with Crippen LogP contribution in [0.1, 0.15) is 44.9 Å². The van der Waals surface area contributed by atoms with Gasteiger partial charge in [-0.3, -0.25) is 5.41 Å². The second-order valence-electron chi connectivity index (χ2n) is 4.50. The van der Waals surface area contributed by atoms with Gasteiger partial charge in [-0.05, 0) is 25.2 Å². The maximum absolute atomic E-state index is 7.75. The van der Waals surface area contributed by atoms with Crippen LogP contribution in [0, 0.1) is 11.3 Å². The van der Waals surface area contributed by atoms with Crippen LogP contribution >= 0.6 is 0 Å². The first-order valence-corrected chi connectivity index (χ1v) is 5.68. The van der Waals surface area contributed by atoms with Crippen LogP contribution in [0.5, 0.6) is 0 Å². The number of likely N-dealkylation sites (tertiary alicyclic amines) is 1. The van der Waals surface area contributed by atoms with E-state index in [1.165, 1.54) is 45.1 Å². The molecule has 0 bridgehead atoms. The van der Waals surface area contributed by atoms with Gasteiger partial charge in [-0.1, -0.05) is 19.3 Å². The van der Waals surface area contributed by atoms with Crippen molar-refractivity contribution in [3.63, 3.8) is 0 Å². The van der Waals surface area contributed by atoms with Crippen LogP contribution in [0.2, 0.25) is 0 Å². The van der Waals surface area contributed by atoms with Gasteiger partial charge in [0.15, 0.2) is 0 Å². The van der Waals surface area contributed by atoms with Crippen molar-refractivity contribution < 1.29 is 0 Å². The predicted octanol–water partition coefficient (Wildman–Crippen LogP) is 2.64. The summed E-state index contributed by atoms with van der Waals surface area (Å²) in [6, 6.07) is 0. The maximum Gasteiger partial charge on any atom is 0.0958 e. The van der Waals surface area contributed by atoms with Crippen molar-refractivity contribution in [1.29, 1.82) is 5.41 Å². The number of rotatable bonds is 2. The van der Waals surface area contributed by atoms with Gasteiger partial charge in [0.25, 0.3) is 0 Å². The Hall–Kier alpha value is -0.530. The first kappa shape index (κ1) is 9.04. The second kappa shape index (κ2) is 4.12. The van der Waals surface area contributed by atoms with Crippen LogP contribution < -0.4 is 0 Å². The molecule has 74 valence electrons. The monoisotopic (exact) mass is 180 g/mol. The molecule has 0 atom stereocenters. The molecular formula is C11H20N2. The molecule has 1 heterocycles. The van der Waals surface area contributed by atoms with Gasteiger partial charge in [0.05, 0.1) is 5.84 Å². The predicted molar refractivity (Wildman–Crippen MR) is 55.1 cm³/mol. The molecule has 0 spiro atoms. The summed E-state index contributed by atoms with van der Waals surface area (Å²) < 4.78 is 0. The van der Waals surface area contributed by atoms with Crippen LogP contribution in [0.3, 0.4) is 0 Å². The Balaban J connectivity index is 1.79. The maximum atomic E-state index is 7.75. The van der Waals surface area contributed by atoms with E-state index in [2.05, 4.69) is 4.90 Å². The number of hydrogen-bond acceptors (Lipinski definition) is 1. The lowest BCUT2D eigenvalue weighted by Crippen LogP contribution is -2.31. The molecule has 2 fully saturated rings. The summed E-state index contributed by atoms with van der Waals surface area (Å²) in [6.07, 6.45) is 9.33. The first-order valence-electron chi connectivity index (χ1n) is 5.68. The van der Waals surface area contributed by atoms with Crippen molar-refractivity contribution in [1.82, 2.24) is 4.90 Å². The third kappa shape index (κ3) is 2.23. The van der Waals surface area contributed by atoms with Gasteiger partial charge in [0, 0.05) is 19.5 Å². The average Bonchev–Trinajstić information content (AvgIpc) is 2.54. The Morgan fingerprint density at radius 3 is 2.54 bits per heavy atom. The highest BCUT2D eigenvalue weighted by molar-refractivity contribution is 5.80. The molecule has 2 nitrogen and oxygen atoms in total. The molecule has 1 saturated carbocycles. The smallest absolute Gasteiger partial charge is 0.0958 e. The lowest BCUT2D eigenvalue weighted by atomic mass is 9.89. The van der Waals surface area contributed by atoms with Crippen molar-refractivity contribution in [2.45, 2.75) is 44.9 Å².